The SMILES string of the molecule is C=CC[PH](=O)NC1CCS(=O)(=O)C1. The maximum atomic E-state index is 11.2. The molecule has 1 rings (SSSR count). The minimum Gasteiger partial charge on any atom is -0.310 e. The van der Waals surface area contributed by atoms with Crippen molar-refractivity contribution >= 4 is 17.8 Å². The molecule has 1 heterocycles. The topological polar surface area (TPSA) is 63.2 Å². The molecule has 0 amide bonds. The van der Waals surface area contributed by atoms with Gasteiger partial charge in [0.1, 0.15) is 7.95 Å². The Morgan fingerprint density at radius 2 is 2.31 bits per heavy atom. The van der Waals surface area contributed by atoms with Crippen molar-refractivity contribution in [3.05, 3.63) is 12.7 Å². The van der Waals surface area contributed by atoms with E-state index in [1.54, 1.807) is 6.08 Å². The maximum absolute atomic E-state index is 11.2. The van der Waals surface area contributed by atoms with E-state index in [1.165, 1.54) is 0 Å². The van der Waals surface area contributed by atoms with E-state index in [2.05, 4.69) is 11.7 Å². The Kier molecular flexibility index (Phi) is 3.71. The van der Waals surface area contributed by atoms with Gasteiger partial charge in [0.15, 0.2) is 9.84 Å². The zero-order valence-corrected chi connectivity index (χ0v) is 9.14. The first-order chi connectivity index (χ1) is 6.03. The van der Waals surface area contributed by atoms with Gasteiger partial charge in [-0.25, -0.2) is 8.42 Å². The second-order valence-electron chi connectivity index (χ2n) is 3.16. The van der Waals surface area contributed by atoms with Gasteiger partial charge >= 0.3 is 0 Å². The average molecular weight is 223 g/mol. The van der Waals surface area contributed by atoms with Crippen LogP contribution in [-0.2, 0) is 14.4 Å². The number of nitrogens with one attached hydrogen (secondary N) is 1. The lowest BCUT2D eigenvalue weighted by Crippen LogP contribution is -2.24. The third-order valence-corrected chi connectivity index (χ3v) is 5.08. The van der Waals surface area contributed by atoms with Crippen LogP contribution in [0.25, 0.3) is 0 Å². The summed E-state index contributed by atoms with van der Waals surface area (Å²) in [6.45, 7) is 3.47. The number of allylic oxidation sites excluding steroid dienone is 1. The van der Waals surface area contributed by atoms with E-state index in [4.69, 9.17) is 0 Å². The van der Waals surface area contributed by atoms with Crippen LogP contribution in [0.2, 0.25) is 0 Å². The summed E-state index contributed by atoms with van der Waals surface area (Å²) in [6.07, 6.45) is 2.59. The van der Waals surface area contributed by atoms with Crippen molar-refractivity contribution in [3.63, 3.8) is 0 Å². The molecule has 4 nitrogen and oxygen atoms in total. The zero-order chi connectivity index (χ0) is 9.90. The molecule has 1 fully saturated rings. The fraction of sp³-hybridized carbons (Fsp3) is 0.714. The molecule has 2 atom stereocenters. The number of rotatable bonds is 4. The second-order valence-corrected chi connectivity index (χ2v) is 6.93. The lowest BCUT2D eigenvalue weighted by Gasteiger charge is -2.08. The monoisotopic (exact) mass is 223 g/mol. The maximum Gasteiger partial charge on any atom is 0.151 e. The van der Waals surface area contributed by atoms with E-state index in [-0.39, 0.29) is 17.5 Å². The van der Waals surface area contributed by atoms with Crippen molar-refractivity contribution < 1.29 is 13.0 Å². The predicted molar refractivity (Wildman–Crippen MR) is 54.3 cm³/mol. The van der Waals surface area contributed by atoms with Crippen LogP contribution in [0.15, 0.2) is 12.7 Å². The first-order valence-electron chi connectivity index (χ1n) is 4.14. The summed E-state index contributed by atoms with van der Waals surface area (Å²) in [6, 6.07) is -0.115. The molecule has 1 N–H and O–H groups in total. The van der Waals surface area contributed by atoms with Gasteiger partial charge in [-0.15, -0.1) is 6.58 Å². The Balaban J connectivity index is 2.40. The second kappa shape index (κ2) is 4.40. The van der Waals surface area contributed by atoms with Gasteiger partial charge < -0.3 is 4.57 Å². The molecule has 6 heteroatoms. The molecule has 0 bridgehead atoms. The molecular formula is C7H14NO3PS. The molecule has 0 aromatic heterocycles. The van der Waals surface area contributed by atoms with E-state index in [0.717, 1.165) is 0 Å². The number of sulfone groups is 1. The van der Waals surface area contributed by atoms with Crippen LogP contribution < -0.4 is 5.09 Å². The average Bonchev–Trinajstić information content (AvgIpc) is 2.30. The molecule has 2 unspecified atom stereocenters. The Hall–Kier alpha value is -0.120. The largest absolute Gasteiger partial charge is 0.310 e. The van der Waals surface area contributed by atoms with E-state index in [1.807, 2.05) is 0 Å². The summed E-state index contributed by atoms with van der Waals surface area (Å²) in [5.74, 6) is 0.342. The summed E-state index contributed by atoms with van der Waals surface area (Å²) in [4.78, 5) is 0. The highest BCUT2D eigenvalue weighted by molar-refractivity contribution is 7.91. The van der Waals surface area contributed by atoms with Gasteiger partial charge in [-0.3, -0.25) is 5.09 Å². The van der Waals surface area contributed by atoms with Crippen molar-refractivity contribution in [2.24, 2.45) is 0 Å². The predicted octanol–water partition coefficient (Wildman–Crippen LogP) is 0.424. The summed E-state index contributed by atoms with van der Waals surface area (Å²) in [5, 5.41) is 2.83. The van der Waals surface area contributed by atoms with Crippen LogP contribution in [0.5, 0.6) is 0 Å². The normalized spacial score (nSPS) is 28.5. The molecule has 0 aromatic carbocycles. The summed E-state index contributed by atoms with van der Waals surface area (Å²) < 4.78 is 33.3. The summed E-state index contributed by atoms with van der Waals surface area (Å²) in [7, 11) is -4.72. The molecule has 1 aliphatic heterocycles. The minimum absolute atomic E-state index is 0.115. The third-order valence-electron chi connectivity index (χ3n) is 1.93. The molecule has 1 aliphatic rings. The highest BCUT2D eigenvalue weighted by Gasteiger charge is 2.28. The van der Waals surface area contributed by atoms with E-state index < -0.39 is 17.8 Å². The highest BCUT2D eigenvalue weighted by atomic mass is 32.2. The van der Waals surface area contributed by atoms with Crippen LogP contribution in [0.3, 0.4) is 0 Å². The van der Waals surface area contributed by atoms with Gasteiger partial charge in [0.2, 0.25) is 0 Å². The molecule has 0 radical (unpaired) electrons. The fourth-order valence-electron chi connectivity index (χ4n) is 1.33. The van der Waals surface area contributed by atoms with Crippen LogP contribution >= 0.6 is 7.95 Å². The summed E-state index contributed by atoms with van der Waals surface area (Å²) in [5.41, 5.74) is 0. The van der Waals surface area contributed by atoms with Crippen LogP contribution in [0.4, 0.5) is 0 Å². The molecule has 13 heavy (non-hydrogen) atoms. The van der Waals surface area contributed by atoms with Crippen molar-refractivity contribution in [2.75, 3.05) is 17.7 Å². The highest BCUT2D eigenvalue weighted by Crippen LogP contribution is 2.20. The third kappa shape index (κ3) is 3.63. The Labute approximate surface area is 79.2 Å². The molecule has 76 valence electrons. The van der Waals surface area contributed by atoms with Crippen molar-refractivity contribution in [3.8, 4) is 0 Å². The van der Waals surface area contributed by atoms with E-state index >= 15 is 0 Å². The summed E-state index contributed by atoms with van der Waals surface area (Å²) >= 11 is 0. The van der Waals surface area contributed by atoms with Crippen molar-refractivity contribution in [1.29, 1.82) is 0 Å². The van der Waals surface area contributed by atoms with Crippen LogP contribution in [-0.4, -0.2) is 32.1 Å². The van der Waals surface area contributed by atoms with Gasteiger partial charge in [-0.1, -0.05) is 6.08 Å². The quantitative estimate of drug-likeness (QED) is 0.554. The Morgan fingerprint density at radius 1 is 1.62 bits per heavy atom. The van der Waals surface area contributed by atoms with Crippen LogP contribution in [0.1, 0.15) is 6.42 Å². The first-order valence-corrected chi connectivity index (χ1v) is 7.58. The molecule has 0 aromatic rings. The molecule has 0 aliphatic carbocycles. The minimum atomic E-state index is -2.87. The smallest absolute Gasteiger partial charge is 0.151 e. The van der Waals surface area contributed by atoms with Gasteiger partial charge in [-0.2, -0.15) is 0 Å². The van der Waals surface area contributed by atoms with E-state index in [0.29, 0.717) is 12.6 Å². The molecule has 1 saturated heterocycles. The first kappa shape index (κ1) is 11.0. The van der Waals surface area contributed by atoms with Gasteiger partial charge in [-0.05, 0) is 6.42 Å². The molecule has 0 spiro atoms. The van der Waals surface area contributed by atoms with Crippen LogP contribution in [0, 0.1) is 0 Å². The van der Waals surface area contributed by atoms with E-state index in [9.17, 15) is 13.0 Å². The van der Waals surface area contributed by atoms with Crippen molar-refractivity contribution in [2.45, 2.75) is 12.5 Å². The lowest BCUT2D eigenvalue weighted by molar-refractivity contribution is 0.568. The van der Waals surface area contributed by atoms with Gasteiger partial charge in [0.05, 0.1) is 11.5 Å². The zero-order valence-electron chi connectivity index (χ0n) is 7.32. The van der Waals surface area contributed by atoms with Gasteiger partial charge in [0, 0.05) is 12.2 Å². The fourth-order valence-corrected chi connectivity index (χ4v) is 4.23. The molecule has 0 saturated carbocycles. The standard InChI is InChI=1S/C7H14NO3PS/c1-2-4-12(9)8-7-3-5-13(10,11)6-7/h2,7,12H,1,3-6H2,(H,8,9). The Morgan fingerprint density at radius 3 is 2.77 bits per heavy atom. The number of hydrogen-bond acceptors (Lipinski definition) is 3. The lowest BCUT2D eigenvalue weighted by atomic mass is 10.3. The number of hydrogen-bond donors (Lipinski definition) is 1. The molecular weight excluding hydrogens is 209 g/mol. The Bertz CT molecular complexity index is 312. The van der Waals surface area contributed by atoms with Crippen molar-refractivity contribution in [1.82, 2.24) is 5.09 Å². The van der Waals surface area contributed by atoms with Gasteiger partial charge in [0.25, 0.3) is 0 Å².